The molecule has 64 valence electrons. The van der Waals surface area contributed by atoms with Crippen molar-refractivity contribution in [2.45, 2.75) is 6.92 Å². The van der Waals surface area contributed by atoms with Gasteiger partial charge in [0.15, 0.2) is 5.78 Å². The lowest BCUT2D eigenvalue weighted by atomic mass is 10.1. The van der Waals surface area contributed by atoms with Crippen molar-refractivity contribution < 1.29 is 9.90 Å². The van der Waals surface area contributed by atoms with E-state index in [1.165, 1.54) is 13.0 Å². The van der Waals surface area contributed by atoms with Crippen LogP contribution in [-0.2, 0) is 0 Å². The summed E-state index contributed by atoms with van der Waals surface area (Å²) in [4.78, 5) is 11.0. The predicted octanol–water partition coefficient (Wildman–Crippen LogP) is 1.78. The van der Waals surface area contributed by atoms with E-state index in [4.69, 9.17) is 5.73 Å². The Morgan fingerprint density at radius 1 is 1.58 bits per heavy atom. The van der Waals surface area contributed by atoms with Crippen molar-refractivity contribution >= 4 is 34.1 Å². The molecule has 1 aromatic carbocycles. The summed E-state index contributed by atoms with van der Waals surface area (Å²) in [5, 5.41) is 9.34. The van der Waals surface area contributed by atoms with Crippen LogP contribution in [0.2, 0.25) is 0 Å². The van der Waals surface area contributed by atoms with E-state index in [0.717, 1.165) is 3.57 Å². The van der Waals surface area contributed by atoms with Crippen LogP contribution in [0, 0.1) is 3.57 Å². The lowest BCUT2D eigenvalue weighted by Gasteiger charge is -2.04. The molecule has 4 heteroatoms. The molecule has 1 rings (SSSR count). The first-order chi connectivity index (χ1) is 5.52. The van der Waals surface area contributed by atoms with Crippen LogP contribution in [0.1, 0.15) is 17.3 Å². The van der Waals surface area contributed by atoms with Gasteiger partial charge in [-0.2, -0.15) is 0 Å². The highest BCUT2D eigenvalue weighted by Gasteiger charge is 2.10. The van der Waals surface area contributed by atoms with Crippen LogP contribution in [0.25, 0.3) is 0 Å². The maximum absolute atomic E-state index is 11.0. The van der Waals surface area contributed by atoms with Gasteiger partial charge in [0.05, 0.1) is 5.56 Å². The Morgan fingerprint density at radius 2 is 2.17 bits per heavy atom. The molecule has 0 aliphatic carbocycles. The average Bonchev–Trinajstić information content (AvgIpc) is 1.82. The maximum Gasteiger partial charge on any atom is 0.165 e. The van der Waals surface area contributed by atoms with Crippen LogP contribution in [0.3, 0.4) is 0 Å². The maximum atomic E-state index is 11.0. The minimum atomic E-state index is -0.221. The largest absolute Gasteiger partial charge is 0.507 e. The zero-order valence-corrected chi connectivity index (χ0v) is 8.62. The van der Waals surface area contributed by atoms with E-state index in [0.29, 0.717) is 5.69 Å². The standard InChI is InChI=1S/C8H8INO2/c1-4(11)8-6(10)2-5(9)3-7(8)12/h2-3,12H,10H2,1H3. The third kappa shape index (κ3) is 1.69. The average molecular weight is 277 g/mol. The molecule has 0 spiro atoms. The number of phenols is 1. The lowest BCUT2D eigenvalue weighted by molar-refractivity contribution is 0.101. The van der Waals surface area contributed by atoms with Gasteiger partial charge in [-0.1, -0.05) is 0 Å². The molecule has 0 saturated carbocycles. The van der Waals surface area contributed by atoms with Gasteiger partial charge in [0.1, 0.15) is 5.75 Å². The predicted molar refractivity (Wildman–Crippen MR) is 55.2 cm³/mol. The van der Waals surface area contributed by atoms with E-state index < -0.39 is 0 Å². The van der Waals surface area contributed by atoms with Crippen LogP contribution in [0.4, 0.5) is 5.69 Å². The molecule has 0 bridgehead atoms. The molecule has 0 saturated heterocycles. The Kier molecular flexibility index (Phi) is 2.56. The van der Waals surface area contributed by atoms with Crippen molar-refractivity contribution in [2.75, 3.05) is 5.73 Å². The Labute approximate surface area is 83.7 Å². The highest BCUT2D eigenvalue weighted by Crippen LogP contribution is 2.26. The third-order valence-electron chi connectivity index (χ3n) is 1.46. The Bertz CT molecular complexity index is 313. The van der Waals surface area contributed by atoms with Gasteiger partial charge in [0, 0.05) is 9.26 Å². The van der Waals surface area contributed by atoms with Crippen LogP contribution in [0.5, 0.6) is 5.75 Å². The summed E-state index contributed by atoms with van der Waals surface area (Å²) in [6.45, 7) is 1.37. The van der Waals surface area contributed by atoms with Gasteiger partial charge in [-0.05, 0) is 41.6 Å². The number of hydrogen-bond acceptors (Lipinski definition) is 3. The summed E-state index contributed by atoms with van der Waals surface area (Å²) in [5.41, 5.74) is 6.07. The minimum absolute atomic E-state index is 0.0492. The first-order valence-corrected chi connectivity index (χ1v) is 4.39. The summed E-state index contributed by atoms with van der Waals surface area (Å²) in [7, 11) is 0. The van der Waals surface area contributed by atoms with Gasteiger partial charge >= 0.3 is 0 Å². The van der Waals surface area contributed by atoms with Crippen LogP contribution >= 0.6 is 22.6 Å². The SMILES string of the molecule is CC(=O)c1c(N)cc(I)cc1O. The molecule has 0 aliphatic heterocycles. The molecule has 0 unspecified atom stereocenters. The quantitative estimate of drug-likeness (QED) is 0.467. The zero-order chi connectivity index (χ0) is 9.30. The van der Waals surface area contributed by atoms with Crippen molar-refractivity contribution in [2.24, 2.45) is 0 Å². The van der Waals surface area contributed by atoms with Gasteiger partial charge in [-0.15, -0.1) is 0 Å². The Balaban J connectivity index is 3.38. The van der Waals surface area contributed by atoms with Crippen LogP contribution < -0.4 is 5.73 Å². The smallest absolute Gasteiger partial charge is 0.165 e. The molecule has 1 aromatic rings. The summed E-state index contributed by atoms with van der Waals surface area (Å²) in [6, 6.07) is 3.16. The number of nitrogens with two attached hydrogens (primary N) is 1. The molecule has 3 N–H and O–H groups in total. The van der Waals surface area contributed by atoms with Gasteiger partial charge < -0.3 is 10.8 Å². The third-order valence-corrected chi connectivity index (χ3v) is 2.09. The molecule has 12 heavy (non-hydrogen) atoms. The van der Waals surface area contributed by atoms with Crippen molar-refractivity contribution in [1.82, 2.24) is 0 Å². The Hall–Kier alpha value is -0.780. The number of anilines is 1. The molecule has 0 fully saturated rings. The second-order valence-corrected chi connectivity index (χ2v) is 3.69. The molecule has 0 radical (unpaired) electrons. The number of nitrogen functional groups attached to an aromatic ring is 1. The van der Waals surface area contributed by atoms with E-state index in [-0.39, 0.29) is 17.1 Å². The highest BCUT2D eigenvalue weighted by atomic mass is 127. The number of aromatic hydroxyl groups is 1. The topological polar surface area (TPSA) is 63.3 Å². The van der Waals surface area contributed by atoms with E-state index in [1.807, 2.05) is 22.6 Å². The molecule has 3 nitrogen and oxygen atoms in total. The normalized spacial score (nSPS) is 9.83. The van der Waals surface area contributed by atoms with Gasteiger partial charge in [0.2, 0.25) is 0 Å². The van der Waals surface area contributed by atoms with Crippen LogP contribution in [0.15, 0.2) is 12.1 Å². The lowest BCUT2D eigenvalue weighted by Crippen LogP contribution is -2.00. The number of hydrogen-bond donors (Lipinski definition) is 2. The molecule has 0 atom stereocenters. The summed E-state index contributed by atoms with van der Waals surface area (Å²) in [6.07, 6.45) is 0. The van der Waals surface area contributed by atoms with E-state index >= 15 is 0 Å². The second-order valence-electron chi connectivity index (χ2n) is 2.45. The first-order valence-electron chi connectivity index (χ1n) is 3.31. The van der Waals surface area contributed by atoms with Crippen molar-refractivity contribution in [1.29, 1.82) is 0 Å². The second kappa shape index (κ2) is 3.30. The Morgan fingerprint density at radius 3 is 2.58 bits per heavy atom. The van der Waals surface area contributed by atoms with Crippen molar-refractivity contribution in [3.63, 3.8) is 0 Å². The zero-order valence-electron chi connectivity index (χ0n) is 6.47. The van der Waals surface area contributed by atoms with Crippen molar-refractivity contribution in [3.8, 4) is 5.75 Å². The monoisotopic (exact) mass is 277 g/mol. The van der Waals surface area contributed by atoms with E-state index in [1.54, 1.807) is 6.07 Å². The number of carbonyl (C=O) groups excluding carboxylic acids is 1. The summed E-state index contributed by atoms with van der Waals surface area (Å²) in [5.74, 6) is -0.270. The summed E-state index contributed by atoms with van der Waals surface area (Å²) < 4.78 is 0.813. The summed E-state index contributed by atoms with van der Waals surface area (Å²) >= 11 is 2.02. The number of halogens is 1. The number of phenolic OH excluding ortho intramolecular Hbond substituents is 1. The number of carbonyl (C=O) groups is 1. The fourth-order valence-electron chi connectivity index (χ4n) is 0.997. The minimum Gasteiger partial charge on any atom is -0.507 e. The highest BCUT2D eigenvalue weighted by molar-refractivity contribution is 14.1. The number of Topliss-reactive ketones (excluding diaryl/α,β-unsaturated/α-hetero) is 1. The van der Waals surface area contributed by atoms with E-state index in [9.17, 15) is 9.90 Å². The molecular formula is C8H8INO2. The van der Waals surface area contributed by atoms with Gasteiger partial charge in [-0.3, -0.25) is 4.79 Å². The molecule has 0 amide bonds. The fourth-order valence-corrected chi connectivity index (χ4v) is 1.63. The first kappa shape index (κ1) is 9.31. The number of rotatable bonds is 1. The molecular weight excluding hydrogens is 269 g/mol. The molecule has 0 heterocycles. The molecule has 0 aromatic heterocycles. The van der Waals surface area contributed by atoms with Gasteiger partial charge in [-0.25, -0.2) is 0 Å². The van der Waals surface area contributed by atoms with Crippen molar-refractivity contribution in [3.05, 3.63) is 21.3 Å². The van der Waals surface area contributed by atoms with E-state index in [2.05, 4.69) is 0 Å². The van der Waals surface area contributed by atoms with Crippen LogP contribution in [-0.4, -0.2) is 10.9 Å². The van der Waals surface area contributed by atoms with Gasteiger partial charge in [0.25, 0.3) is 0 Å². The molecule has 0 aliphatic rings. The fraction of sp³-hybridized carbons (Fsp3) is 0.125. The number of ketones is 1. The number of benzene rings is 1.